The van der Waals surface area contributed by atoms with Gasteiger partial charge in [0.15, 0.2) is 0 Å². The molecular weight excluding hydrogens is 184 g/mol. The van der Waals surface area contributed by atoms with Gasteiger partial charge in [0, 0.05) is 5.39 Å². The maximum atomic E-state index is 11.2. The maximum Gasteiger partial charge on any atom is 0.423 e. The van der Waals surface area contributed by atoms with Crippen molar-refractivity contribution < 1.29 is 13.9 Å². The smallest absolute Gasteiger partial charge is 0.420 e. The molecule has 1 radical (unpaired) electrons. The normalized spacial score (nSPS) is 10.0. The molecule has 0 fully saturated rings. The van der Waals surface area contributed by atoms with E-state index < -0.39 is 5.63 Å². The molecule has 4 heteroatoms. The number of benzene rings is 1. The minimum Gasteiger partial charge on any atom is -0.420 e. The maximum absolute atomic E-state index is 11.2. The lowest BCUT2D eigenvalue weighted by Crippen LogP contribution is -2.04. The molecule has 0 aliphatic rings. The molecule has 1 aromatic heterocycles. The lowest BCUT2D eigenvalue weighted by Gasteiger charge is -1.97. The second-order valence-electron chi connectivity index (χ2n) is 2.62. The Morgan fingerprint density at radius 2 is 2.07 bits per heavy atom. The van der Waals surface area contributed by atoms with Crippen LogP contribution < -0.4 is 10.4 Å². The molecule has 2 rings (SSSR count). The SMILES string of the molecule is O=[C]Oc1cc2ccccc2oc1=O. The molecule has 0 atom stereocenters. The van der Waals surface area contributed by atoms with Crippen molar-refractivity contribution in [2.24, 2.45) is 0 Å². The summed E-state index contributed by atoms with van der Waals surface area (Å²) in [7, 11) is 0. The van der Waals surface area contributed by atoms with E-state index in [-0.39, 0.29) is 5.75 Å². The fourth-order valence-corrected chi connectivity index (χ4v) is 1.16. The van der Waals surface area contributed by atoms with Crippen molar-refractivity contribution in [1.82, 2.24) is 0 Å². The van der Waals surface area contributed by atoms with Gasteiger partial charge in [-0.25, -0.2) is 9.59 Å². The van der Waals surface area contributed by atoms with Gasteiger partial charge in [0.2, 0.25) is 5.75 Å². The van der Waals surface area contributed by atoms with Crippen LogP contribution >= 0.6 is 0 Å². The second-order valence-corrected chi connectivity index (χ2v) is 2.62. The van der Waals surface area contributed by atoms with Gasteiger partial charge in [-0.1, -0.05) is 18.2 Å². The number of para-hydroxylation sites is 1. The van der Waals surface area contributed by atoms with E-state index in [4.69, 9.17) is 4.42 Å². The van der Waals surface area contributed by atoms with Gasteiger partial charge in [-0.15, -0.1) is 0 Å². The molecule has 2 aromatic rings. The number of ether oxygens (including phenoxy) is 1. The third-order valence-electron chi connectivity index (χ3n) is 1.76. The van der Waals surface area contributed by atoms with Gasteiger partial charge in [-0.3, -0.25) is 0 Å². The number of hydrogen-bond donors (Lipinski definition) is 0. The molecule has 0 aliphatic heterocycles. The summed E-state index contributed by atoms with van der Waals surface area (Å²) >= 11 is 0. The molecule has 0 saturated heterocycles. The molecule has 0 amide bonds. The molecule has 0 unspecified atom stereocenters. The molecule has 4 nitrogen and oxygen atoms in total. The molecule has 14 heavy (non-hydrogen) atoms. The summed E-state index contributed by atoms with van der Waals surface area (Å²) in [5, 5.41) is 0.692. The first-order valence-electron chi connectivity index (χ1n) is 3.88. The van der Waals surface area contributed by atoms with Crippen LogP contribution in [0.1, 0.15) is 0 Å². The minimum atomic E-state index is -0.688. The Morgan fingerprint density at radius 3 is 2.86 bits per heavy atom. The Hall–Kier alpha value is -2.10. The predicted molar refractivity (Wildman–Crippen MR) is 48.8 cm³/mol. The predicted octanol–water partition coefficient (Wildman–Crippen LogP) is 1.24. The summed E-state index contributed by atoms with van der Waals surface area (Å²) < 4.78 is 9.22. The molecule has 1 aromatic carbocycles. The van der Waals surface area contributed by atoms with Crippen LogP contribution in [0.5, 0.6) is 5.75 Å². The van der Waals surface area contributed by atoms with Gasteiger partial charge in [-0.2, -0.15) is 0 Å². The molecule has 0 saturated carbocycles. The van der Waals surface area contributed by atoms with E-state index in [0.29, 0.717) is 11.0 Å². The third-order valence-corrected chi connectivity index (χ3v) is 1.76. The number of fused-ring (bicyclic) bond motifs is 1. The van der Waals surface area contributed by atoms with Crippen LogP contribution in [0.25, 0.3) is 11.0 Å². The topological polar surface area (TPSA) is 56.5 Å². The first-order chi connectivity index (χ1) is 6.81. The standard InChI is InChI=1S/C10H5O4/c11-6-13-9-5-7-3-1-2-4-8(7)14-10(9)12/h1-5H. The van der Waals surface area contributed by atoms with Crippen LogP contribution in [0.4, 0.5) is 0 Å². The van der Waals surface area contributed by atoms with E-state index in [0.717, 1.165) is 0 Å². The largest absolute Gasteiger partial charge is 0.423 e. The van der Waals surface area contributed by atoms with Gasteiger partial charge in [0.05, 0.1) is 0 Å². The highest BCUT2D eigenvalue weighted by Gasteiger charge is 2.05. The summed E-state index contributed by atoms with van der Waals surface area (Å²) in [6.45, 7) is 1.18. The number of carbonyl (C=O) groups excluding carboxylic acids is 1. The van der Waals surface area contributed by atoms with E-state index in [2.05, 4.69) is 4.74 Å². The zero-order valence-electron chi connectivity index (χ0n) is 7.02. The van der Waals surface area contributed by atoms with Gasteiger partial charge >= 0.3 is 12.1 Å². The van der Waals surface area contributed by atoms with Gasteiger partial charge in [0.1, 0.15) is 5.58 Å². The summed E-state index contributed by atoms with van der Waals surface area (Å²) in [6, 6.07) is 8.38. The zero-order chi connectivity index (χ0) is 9.97. The highest BCUT2D eigenvalue weighted by molar-refractivity contribution is 5.77. The van der Waals surface area contributed by atoms with Crippen LogP contribution in [-0.4, -0.2) is 6.47 Å². The fraction of sp³-hybridized carbons (Fsp3) is 0. The average molecular weight is 189 g/mol. The van der Waals surface area contributed by atoms with Gasteiger partial charge in [-0.05, 0) is 12.1 Å². The summed E-state index contributed by atoms with van der Waals surface area (Å²) in [5.41, 5.74) is -0.234. The molecule has 1 heterocycles. The minimum absolute atomic E-state index is 0.154. The van der Waals surface area contributed by atoms with E-state index in [1.165, 1.54) is 12.5 Å². The van der Waals surface area contributed by atoms with Crippen molar-refractivity contribution in [3.05, 3.63) is 40.8 Å². The Morgan fingerprint density at radius 1 is 1.29 bits per heavy atom. The number of hydrogen-bond acceptors (Lipinski definition) is 4. The highest BCUT2D eigenvalue weighted by Crippen LogP contribution is 2.15. The van der Waals surface area contributed by atoms with Crippen LogP contribution in [0.3, 0.4) is 0 Å². The first-order valence-corrected chi connectivity index (χ1v) is 3.88. The highest BCUT2D eigenvalue weighted by atomic mass is 16.5. The summed E-state index contributed by atoms with van der Waals surface area (Å²) in [6.07, 6.45) is 0. The van der Waals surface area contributed by atoms with E-state index >= 15 is 0 Å². The Balaban J connectivity index is 2.70. The second kappa shape index (κ2) is 3.33. The third kappa shape index (κ3) is 1.37. The van der Waals surface area contributed by atoms with Crippen molar-refractivity contribution in [2.75, 3.05) is 0 Å². The van der Waals surface area contributed by atoms with Crippen LogP contribution in [0.15, 0.2) is 39.5 Å². The molecular formula is C10H5O4. The average Bonchev–Trinajstić information content (AvgIpc) is 2.19. The van der Waals surface area contributed by atoms with Crippen molar-refractivity contribution in [2.45, 2.75) is 0 Å². The molecule has 0 spiro atoms. The quantitative estimate of drug-likeness (QED) is 0.667. The van der Waals surface area contributed by atoms with E-state index in [1.54, 1.807) is 24.3 Å². The van der Waals surface area contributed by atoms with Crippen molar-refractivity contribution >= 4 is 17.4 Å². The Bertz CT molecular complexity index is 527. The van der Waals surface area contributed by atoms with Gasteiger partial charge < -0.3 is 9.15 Å². The fourth-order valence-electron chi connectivity index (χ4n) is 1.16. The van der Waals surface area contributed by atoms with Crippen molar-refractivity contribution in [3.8, 4) is 5.75 Å². The van der Waals surface area contributed by atoms with Crippen molar-refractivity contribution in [1.29, 1.82) is 0 Å². The molecule has 0 aliphatic carbocycles. The molecule has 0 bridgehead atoms. The van der Waals surface area contributed by atoms with Crippen molar-refractivity contribution in [3.63, 3.8) is 0 Å². The first kappa shape index (κ1) is 8.50. The molecule has 0 N–H and O–H groups in total. The van der Waals surface area contributed by atoms with Crippen LogP contribution in [0, 0.1) is 0 Å². The monoisotopic (exact) mass is 189 g/mol. The van der Waals surface area contributed by atoms with Crippen LogP contribution in [-0.2, 0) is 4.79 Å². The van der Waals surface area contributed by atoms with Gasteiger partial charge in [0.25, 0.3) is 0 Å². The van der Waals surface area contributed by atoms with E-state index in [9.17, 15) is 9.59 Å². The van der Waals surface area contributed by atoms with Crippen LogP contribution in [0.2, 0.25) is 0 Å². The Labute approximate surface area is 78.7 Å². The zero-order valence-corrected chi connectivity index (χ0v) is 7.02. The summed E-state index contributed by atoms with van der Waals surface area (Å²) in [5.74, 6) is -0.154. The Kier molecular flexibility index (Phi) is 2.02. The van der Waals surface area contributed by atoms with E-state index in [1.807, 2.05) is 0 Å². The molecule has 69 valence electrons. The lowest BCUT2D eigenvalue weighted by molar-refractivity contribution is 0.421. The number of rotatable bonds is 2. The lowest BCUT2D eigenvalue weighted by atomic mass is 10.2. The summed E-state index contributed by atoms with van der Waals surface area (Å²) in [4.78, 5) is 21.1.